The number of hydrogen-bond donors (Lipinski definition) is 2. The van der Waals surface area contributed by atoms with Crippen LogP contribution in [0.15, 0.2) is 30.3 Å². The van der Waals surface area contributed by atoms with Gasteiger partial charge in [0, 0.05) is 12.0 Å². The van der Waals surface area contributed by atoms with Crippen LogP contribution in [0.3, 0.4) is 0 Å². The van der Waals surface area contributed by atoms with Crippen molar-refractivity contribution in [2.75, 3.05) is 0 Å². The lowest BCUT2D eigenvalue weighted by atomic mass is 9.92. The van der Waals surface area contributed by atoms with Crippen molar-refractivity contribution in [3.63, 3.8) is 0 Å². The number of aliphatic carboxylic acids is 1. The van der Waals surface area contributed by atoms with Crippen molar-refractivity contribution in [1.29, 1.82) is 0 Å². The molecule has 0 aliphatic heterocycles. The zero-order chi connectivity index (χ0) is 15.1. The number of benzene rings is 1. The first-order valence-electron chi connectivity index (χ1n) is 6.58. The van der Waals surface area contributed by atoms with E-state index >= 15 is 0 Å². The lowest BCUT2D eigenvalue weighted by Gasteiger charge is -2.20. The van der Waals surface area contributed by atoms with Crippen LogP contribution in [-0.4, -0.2) is 28.8 Å². The Balaban J connectivity index is 2.84. The van der Waals surface area contributed by atoms with E-state index in [0.29, 0.717) is 12.0 Å². The minimum atomic E-state index is -1.21. The van der Waals surface area contributed by atoms with E-state index in [1.807, 2.05) is 6.92 Å². The fraction of sp³-hybridized carbons (Fsp3) is 0.400. The summed E-state index contributed by atoms with van der Waals surface area (Å²) in [7, 11) is 0. The standard InChI is InChI=1S/C15H19NO4/c1-3-7-12(17)16-13(15(19)20)10(2)14(18)11-8-5-4-6-9-11/h4-6,8-10,13H,3,7H2,1-2H3,(H,16,17)(H,19,20). The van der Waals surface area contributed by atoms with Gasteiger partial charge >= 0.3 is 5.97 Å². The van der Waals surface area contributed by atoms with Gasteiger partial charge in [0.05, 0.1) is 5.92 Å². The second kappa shape index (κ2) is 7.43. The van der Waals surface area contributed by atoms with Crippen molar-refractivity contribution < 1.29 is 19.5 Å². The summed E-state index contributed by atoms with van der Waals surface area (Å²) in [5, 5.41) is 11.6. The molecule has 0 aliphatic carbocycles. The van der Waals surface area contributed by atoms with Crippen LogP contribution in [0.25, 0.3) is 0 Å². The van der Waals surface area contributed by atoms with E-state index in [1.165, 1.54) is 6.92 Å². The number of carboxylic acid groups (broad SMARTS) is 1. The first-order chi connectivity index (χ1) is 9.47. The van der Waals surface area contributed by atoms with Crippen LogP contribution in [0.2, 0.25) is 0 Å². The molecule has 0 aliphatic rings. The zero-order valence-corrected chi connectivity index (χ0v) is 11.6. The predicted octanol–water partition coefficient (Wildman–Crippen LogP) is 1.87. The van der Waals surface area contributed by atoms with Gasteiger partial charge in [0.1, 0.15) is 6.04 Å². The number of hydrogen-bond acceptors (Lipinski definition) is 3. The number of rotatable bonds is 7. The molecule has 5 heteroatoms. The lowest BCUT2D eigenvalue weighted by molar-refractivity contribution is -0.142. The fourth-order valence-electron chi connectivity index (χ4n) is 1.89. The summed E-state index contributed by atoms with van der Waals surface area (Å²) in [5.74, 6) is -2.68. The maximum absolute atomic E-state index is 12.2. The number of ketones is 1. The lowest BCUT2D eigenvalue weighted by Crippen LogP contribution is -2.47. The molecule has 0 heterocycles. The highest BCUT2D eigenvalue weighted by molar-refractivity contribution is 6.01. The molecule has 0 aromatic heterocycles. The number of carbonyl (C=O) groups is 3. The van der Waals surface area contributed by atoms with Crippen LogP contribution < -0.4 is 5.32 Å². The first-order valence-corrected chi connectivity index (χ1v) is 6.58. The second-order valence-electron chi connectivity index (χ2n) is 4.65. The average Bonchev–Trinajstić information content (AvgIpc) is 2.44. The molecule has 2 N–H and O–H groups in total. The van der Waals surface area contributed by atoms with E-state index in [2.05, 4.69) is 5.32 Å². The Morgan fingerprint density at radius 2 is 1.80 bits per heavy atom. The summed E-state index contributed by atoms with van der Waals surface area (Å²) in [6, 6.07) is 7.26. The molecule has 1 amide bonds. The third-order valence-electron chi connectivity index (χ3n) is 3.03. The summed E-state index contributed by atoms with van der Waals surface area (Å²) in [6.45, 7) is 3.34. The van der Waals surface area contributed by atoms with Crippen LogP contribution in [0, 0.1) is 5.92 Å². The van der Waals surface area contributed by atoms with Crippen LogP contribution in [0.4, 0.5) is 0 Å². The first kappa shape index (κ1) is 15.9. The van der Waals surface area contributed by atoms with Crippen molar-refractivity contribution in [3.8, 4) is 0 Å². The maximum Gasteiger partial charge on any atom is 0.326 e. The Labute approximate surface area is 118 Å². The summed E-state index contributed by atoms with van der Waals surface area (Å²) < 4.78 is 0. The molecule has 0 saturated carbocycles. The predicted molar refractivity (Wildman–Crippen MR) is 74.4 cm³/mol. The minimum Gasteiger partial charge on any atom is -0.480 e. The quantitative estimate of drug-likeness (QED) is 0.745. The molecule has 1 aromatic carbocycles. The fourth-order valence-corrected chi connectivity index (χ4v) is 1.89. The Hall–Kier alpha value is -2.17. The molecule has 0 fully saturated rings. The van der Waals surface area contributed by atoms with E-state index in [9.17, 15) is 19.5 Å². The van der Waals surface area contributed by atoms with Crippen LogP contribution in [0.1, 0.15) is 37.0 Å². The van der Waals surface area contributed by atoms with Crippen molar-refractivity contribution >= 4 is 17.7 Å². The van der Waals surface area contributed by atoms with Crippen molar-refractivity contribution in [2.24, 2.45) is 5.92 Å². The molecular formula is C15H19NO4. The SMILES string of the molecule is CCCC(=O)NC(C(=O)O)C(C)C(=O)c1ccccc1. The highest BCUT2D eigenvalue weighted by Crippen LogP contribution is 2.13. The Kier molecular flexibility index (Phi) is 5.90. The number of amides is 1. The van der Waals surface area contributed by atoms with E-state index in [4.69, 9.17) is 0 Å². The topological polar surface area (TPSA) is 83.5 Å². The number of nitrogens with one attached hydrogen (secondary N) is 1. The van der Waals surface area contributed by atoms with Gasteiger partial charge in [-0.1, -0.05) is 44.2 Å². The van der Waals surface area contributed by atoms with Gasteiger partial charge in [-0.2, -0.15) is 0 Å². The zero-order valence-electron chi connectivity index (χ0n) is 11.6. The van der Waals surface area contributed by atoms with Gasteiger partial charge < -0.3 is 10.4 Å². The summed E-state index contributed by atoms with van der Waals surface area (Å²) >= 11 is 0. The van der Waals surface area contributed by atoms with Gasteiger partial charge in [-0.25, -0.2) is 4.79 Å². The number of carbonyl (C=O) groups excluding carboxylic acids is 2. The molecule has 0 radical (unpaired) electrons. The van der Waals surface area contributed by atoms with Crippen LogP contribution in [0.5, 0.6) is 0 Å². The molecule has 0 saturated heterocycles. The van der Waals surface area contributed by atoms with Crippen molar-refractivity contribution in [1.82, 2.24) is 5.32 Å². The van der Waals surface area contributed by atoms with Gasteiger partial charge in [-0.3, -0.25) is 9.59 Å². The highest BCUT2D eigenvalue weighted by atomic mass is 16.4. The van der Waals surface area contributed by atoms with E-state index in [1.54, 1.807) is 30.3 Å². The smallest absolute Gasteiger partial charge is 0.326 e. The molecule has 5 nitrogen and oxygen atoms in total. The van der Waals surface area contributed by atoms with Gasteiger partial charge in [0.25, 0.3) is 0 Å². The van der Waals surface area contributed by atoms with E-state index in [0.717, 1.165) is 0 Å². The summed E-state index contributed by atoms with van der Waals surface area (Å²) in [5.41, 5.74) is 0.441. The Morgan fingerprint density at radius 3 is 2.30 bits per heavy atom. The van der Waals surface area contributed by atoms with Crippen LogP contribution >= 0.6 is 0 Å². The van der Waals surface area contributed by atoms with E-state index < -0.39 is 17.9 Å². The molecule has 1 rings (SSSR count). The van der Waals surface area contributed by atoms with Crippen molar-refractivity contribution in [2.45, 2.75) is 32.7 Å². The van der Waals surface area contributed by atoms with E-state index in [-0.39, 0.29) is 18.1 Å². The van der Waals surface area contributed by atoms with Gasteiger partial charge in [0.2, 0.25) is 5.91 Å². The van der Waals surface area contributed by atoms with Crippen molar-refractivity contribution in [3.05, 3.63) is 35.9 Å². The normalized spacial score (nSPS) is 13.3. The maximum atomic E-state index is 12.2. The largest absolute Gasteiger partial charge is 0.480 e. The Morgan fingerprint density at radius 1 is 1.20 bits per heavy atom. The molecule has 2 unspecified atom stereocenters. The molecule has 0 bridgehead atoms. The summed E-state index contributed by atoms with van der Waals surface area (Å²) in [4.78, 5) is 35.0. The molecule has 108 valence electrons. The average molecular weight is 277 g/mol. The summed E-state index contributed by atoms with van der Waals surface area (Å²) in [6.07, 6.45) is 0.870. The molecule has 2 atom stereocenters. The third kappa shape index (κ3) is 4.19. The molecule has 1 aromatic rings. The second-order valence-corrected chi connectivity index (χ2v) is 4.65. The highest BCUT2D eigenvalue weighted by Gasteiger charge is 2.31. The molecule has 20 heavy (non-hydrogen) atoms. The minimum absolute atomic E-state index is 0.246. The molecular weight excluding hydrogens is 258 g/mol. The van der Waals surface area contributed by atoms with Gasteiger partial charge in [-0.15, -0.1) is 0 Å². The molecule has 0 spiro atoms. The monoisotopic (exact) mass is 277 g/mol. The van der Waals surface area contributed by atoms with Gasteiger partial charge in [-0.05, 0) is 6.42 Å². The Bertz CT molecular complexity index is 484. The van der Waals surface area contributed by atoms with Crippen LogP contribution in [-0.2, 0) is 9.59 Å². The third-order valence-corrected chi connectivity index (χ3v) is 3.03. The number of carboxylic acids is 1. The van der Waals surface area contributed by atoms with Gasteiger partial charge in [0.15, 0.2) is 5.78 Å². The number of Topliss-reactive ketones (excluding diaryl/α,β-unsaturated/α-hetero) is 1.